The van der Waals surface area contributed by atoms with Gasteiger partial charge in [-0.3, -0.25) is 5.32 Å². The van der Waals surface area contributed by atoms with Gasteiger partial charge in [0, 0.05) is 6.04 Å². The van der Waals surface area contributed by atoms with Crippen LogP contribution < -0.4 is 5.32 Å². The predicted octanol–water partition coefficient (Wildman–Crippen LogP) is 3.91. The Balaban J connectivity index is 2.12. The first-order valence-corrected chi connectivity index (χ1v) is 6.48. The highest BCUT2D eigenvalue weighted by atomic mass is 14.9. The van der Waals surface area contributed by atoms with E-state index in [9.17, 15) is 5.26 Å². The van der Waals surface area contributed by atoms with Gasteiger partial charge in [-0.25, -0.2) is 0 Å². The van der Waals surface area contributed by atoms with E-state index in [1.807, 2.05) is 49.4 Å². The molecule has 0 saturated heterocycles. The molecule has 2 aromatic carbocycles. The van der Waals surface area contributed by atoms with E-state index in [-0.39, 0.29) is 12.1 Å². The molecule has 2 rings (SSSR count). The van der Waals surface area contributed by atoms with Gasteiger partial charge in [-0.05, 0) is 25.0 Å². The molecule has 96 valence electrons. The average molecular weight is 250 g/mol. The molecule has 2 heteroatoms. The molecule has 2 nitrogen and oxygen atoms in total. The second kappa shape index (κ2) is 6.17. The molecule has 0 aromatic heterocycles. The molecule has 0 unspecified atom stereocenters. The number of nitrogens with one attached hydrogen (secondary N) is 1. The van der Waals surface area contributed by atoms with Crippen LogP contribution >= 0.6 is 0 Å². The van der Waals surface area contributed by atoms with Gasteiger partial charge in [-0.1, -0.05) is 60.2 Å². The monoisotopic (exact) mass is 250 g/mol. The number of aryl methyl sites for hydroxylation is 1. The van der Waals surface area contributed by atoms with Crippen LogP contribution in [0.2, 0.25) is 0 Å². The van der Waals surface area contributed by atoms with Crippen LogP contribution in [0.3, 0.4) is 0 Å². The largest absolute Gasteiger partial charge is 0.292 e. The third-order valence-corrected chi connectivity index (χ3v) is 3.26. The summed E-state index contributed by atoms with van der Waals surface area (Å²) < 4.78 is 0. The van der Waals surface area contributed by atoms with Crippen molar-refractivity contribution in [1.82, 2.24) is 5.32 Å². The molecule has 0 spiro atoms. The van der Waals surface area contributed by atoms with Crippen LogP contribution in [0.15, 0.2) is 54.6 Å². The number of rotatable bonds is 4. The van der Waals surface area contributed by atoms with Crippen molar-refractivity contribution in [3.63, 3.8) is 0 Å². The van der Waals surface area contributed by atoms with E-state index < -0.39 is 0 Å². The van der Waals surface area contributed by atoms with Crippen LogP contribution in [-0.4, -0.2) is 0 Å². The molecule has 0 aliphatic carbocycles. The third kappa shape index (κ3) is 3.43. The van der Waals surface area contributed by atoms with E-state index in [0.717, 1.165) is 5.56 Å². The molecule has 0 heterocycles. The summed E-state index contributed by atoms with van der Waals surface area (Å²) in [7, 11) is 0. The second-order valence-electron chi connectivity index (χ2n) is 4.77. The minimum absolute atomic E-state index is 0.146. The molecular formula is C17H18N2. The lowest BCUT2D eigenvalue weighted by Crippen LogP contribution is -2.23. The first-order chi connectivity index (χ1) is 9.20. The first kappa shape index (κ1) is 13.3. The third-order valence-electron chi connectivity index (χ3n) is 3.26. The number of hydrogen-bond donors (Lipinski definition) is 1. The van der Waals surface area contributed by atoms with E-state index in [4.69, 9.17) is 0 Å². The van der Waals surface area contributed by atoms with Crippen LogP contribution in [0, 0.1) is 18.3 Å². The molecule has 0 radical (unpaired) electrons. The quantitative estimate of drug-likeness (QED) is 0.893. The Morgan fingerprint density at radius 1 is 0.947 bits per heavy atom. The molecule has 2 atom stereocenters. The Morgan fingerprint density at radius 3 is 2.16 bits per heavy atom. The number of benzene rings is 2. The Hall–Kier alpha value is -2.11. The summed E-state index contributed by atoms with van der Waals surface area (Å²) in [6.07, 6.45) is 0. The smallest absolute Gasteiger partial charge is 0.121 e. The summed E-state index contributed by atoms with van der Waals surface area (Å²) in [5.74, 6) is 0. The lowest BCUT2D eigenvalue weighted by Gasteiger charge is -2.19. The minimum Gasteiger partial charge on any atom is -0.292 e. The van der Waals surface area contributed by atoms with Gasteiger partial charge < -0.3 is 0 Å². The Bertz CT molecular complexity index is 552. The van der Waals surface area contributed by atoms with Crippen molar-refractivity contribution < 1.29 is 0 Å². The topological polar surface area (TPSA) is 35.8 Å². The predicted molar refractivity (Wildman–Crippen MR) is 77.5 cm³/mol. The highest BCUT2D eigenvalue weighted by molar-refractivity contribution is 5.28. The maximum Gasteiger partial charge on any atom is 0.121 e. The van der Waals surface area contributed by atoms with Crippen molar-refractivity contribution in [2.24, 2.45) is 0 Å². The van der Waals surface area contributed by atoms with Crippen molar-refractivity contribution in [3.8, 4) is 6.07 Å². The van der Waals surface area contributed by atoms with Gasteiger partial charge in [-0.15, -0.1) is 0 Å². The zero-order chi connectivity index (χ0) is 13.7. The van der Waals surface area contributed by atoms with Crippen LogP contribution in [0.5, 0.6) is 0 Å². The zero-order valence-electron chi connectivity index (χ0n) is 11.3. The van der Waals surface area contributed by atoms with Crippen LogP contribution in [0.25, 0.3) is 0 Å². The van der Waals surface area contributed by atoms with E-state index in [2.05, 4.69) is 30.4 Å². The van der Waals surface area contributed by atoms with Crippen molar-refractivity contribution in [1.29, 1.82) is 5.26 Å². The van der Waals surface area contributed by atoms with Crippen LogP contribution in [-0.2, 0) is 0 Å². The van der Waals surface area contributed by atoms with Gasteiger partial charge in [0.15, 0.2) is 0 Å². The Kier molecular flexibility index (Phi) is 4.33. The zero-order valence-corrected chi connectivity index (χ0v) is 11.3. The first-order valence-electron chi connectivity index (χ1n) is 6.48. The molecule has 2 aromatic rings. The molecule has 0 bridgehead atoms. The van der Waals surface area contributed by atoms with E-state index in [1.165, 1.54) is 11.1 Å². The van der Waals surface area contributed by atoms with E-state index in [0.29, 0.717) is 0 Å². The molecule has 1 N–H and O–H groups in total. The Morgan fingerprint density at radius 2 is 1.58 bits per heavy atom. The maximum atomic E-state index is 9.33. The fraction of sp³-hybridized carbons (Fsp3) is 0.235. The van der Waals surface area contributed by atoms with Gasteiger partial charge >= 0.3 is 0 Å². The lowest BCUT2D eigenvalue weighted by atomic mass is 10.0. The molecule has 0 fully saturated rings. The molecule has 0 saturated carbocycles. The summed E-state index contributed by atoms with van der Waals surface area (Å²) in [5, 5.41) is 12.7. The molecule has 0 amide bonds. The molecular weight excluding hydrogens is 232 g/mol. The second-order valence-corrected chi connectivity index (χ2v) is 4.77. The lowest BCUT2D eigenvalue weighted by molar-refractivity contribution is 0.533. The van der Waals surface area contributed by atoms with Gasteiger partial charge in [0.05, 0.1) is 6.07 Å². The molecule has 0 aliphatic rings. The van der Waals surface area contributed by atoms with Crippen molar-refractivity contribution >= 4 is 0 Å². The SMILES string of the molecule is Cc1ccc([C@H](C#N)N[C@H](C)c2ccccc2)cc1. The summed E-state index contributed by atoms with van der Waals surface area (Å²) in [4.78, 5) is 0. The summed E-state index contributed by atoms with van der Waals surface area (Å²) in [6, 6.07) is 20.4. The van der Waals surface area contributed by atoms with Gasteiger partial charge in [0.2, 0.25) is 0 Å². The average Bonchev–Trinajstić information content (AvgIpc) is 2.46. The van der Waals surface area contributed by atoms with Crippen molar-refractivity contribution in [2.45, 2.75) is 25.9 Å². The highest BCUT2D eigenvalue weighted by Gasteiger charge is 2.14. The highest BCUT2D eigenvalue weighted by Crippen LogP contribution is 2.19. The van der Waals surface area contributed by atoms with Gasteiger partial charge in [0.25, 0.3) is 0 Å². The number of nitriles is 1. The van der Waals surface area contributed by atoms with Crippen molar-refractivity contribution in [2.75, 3.05) is 0 Å². The summed E-state index contributed by atoms with van der Waals surface area (Å²) in [6.45, 7) is 4.12. The summed E-state index contributed by atoms with van der Waals surface area (Å²) in [5.41, 5.74) is 3.40. The number of nitrogens with zero attached hydrogens (tertiary/aromatic N) is 1. The summed E-state index contributed by atoms with van der Waals surface area (Å²) >= 11 is 0. The fourth-order valence-corrected chi connectivity index (χ4v) is 2.05. The normalized spacial score (nSPS) is 13.5. The van der Waals surface area contributed by atoms with Crippen molar-refractivity contribution in [3.05, 3.63) is 71.3 Å². The standard InChI is InChI=1S/C17H18N2/c1-13-8-10-16(11-9-13)17(12-18)19-14(2)15-6-4-3-5-7-15/h3-11,14,17,19H,1-2H3/t14-,17+/m1/s1. The van der Waals surface area contributed by atoms with Gasteiger partial charge in [-0.2, -0.15) is 5.26 Å². The Labute approximate surface area is 114 Å². The van der Waals surface area contributed by atoms with E-state index in [1.54, 1.807) is 0 Å². The van der Waals surface area contributed by atoms with Crippen LogP contribution in [0.4, 0.5) is 0 Å². The maximum absolute atomic E-state index is 9.33. The molecule has 0 aliphatic heterocycles. The number of hydrogen-bond acceptors (Lipinski definition) is 2. The fourth-order valence-electron chi connectivity index (χ4n) is 2.05. The van der Waals surface area contributed by atoms with E-state index >= 15 is 0 Å². The minimum atomic E-state index is -0.282. The molecule has 19 heavy (non-hydrogen) atoms. The van der Waals surface area contributed by atoms with Crippen LogP contribution in [0.1, 0.15) is 35.7 Å². The van der Waals surface area contributed by atoms with Gasteiger partial charge in [0.1, 0.15) is 6.04 Å².